The third kappa shape index (κ3) is 2.06. The minimum absolute atomic E-state index is 0.833. The van der Waals surface area contributed by atoms with E-state index in [0.717, 1.165) is 18.3 Å². The lowest BCUT2D eigenvalue weighted by molar-refractivity contribution is 0.693. The summed E-state index contributed by atoms with van der Waals surface area (Å²) in [6, 6.07) is 0. The summed E-state index contributed by atoms with van der Waals surface area (Å²) in [4.78, 5) is 0. The SMILES string of the molecule is C1=CCC=C1.CC=C1CC2C=CC1C2. The van der Waals surface area contributed by atoms with Gasteiger partial charge in [0, 0.05) is 0 Å². The van der Waals surface area contributed by atoms with Crippen molar-refractivity contribution in [1.29, 1.82) is 0 Å². The van der Waals surface area contributed by atoms with Gasteiger partial charge in [0.05, 0.1) is 0 Å². The van der Waals surface area contributed by atoms with Crippen molar-refractivity contribution in [1.82, 2.24) is 0 Å². The highest BCUT2D eigenvalue weighted by atomic mass is 14.3. The van der Waals surface area contributed by atoms with E-state index >= 15 is 0 Å². The molecule has 0 aromatic heterocycles. The maximum absolute atomic E-state index is 2.37. The lowest BCUT2D eigenvalue weighted by Gasteiger charge is -2.05. The molecule has 74 valence electrons. The molecule has 0 amide bonds. The van der Waals surface area contributed by atoms with Crippen molar-refractivity contribution in [2.45, 2.75) is 26.2 Å². The Bertz CT molecular complexity index is 292. The molecule has 3 rings (SSSR count). The van der Waals surface area contributed by atoms with E-state index in [0.29, 0.717) is 0 Å². The number of hydrogen-bond acceptors (Lipinski definition) is 0. The molecule has 3 aliphatic carbocycles. The third-order valence-corrected chi connectivity index (χ3v) is 3.17. The molecule has 0 saturated heterocycles. The summed E-state index contributed by atoms with van der Waals surface area (Å²) in [5.41, 5.74) is 1.67. The van der Waals surface area contributed by atoms with E-state index in [1.54, 1.807) is 5.57 Å². The van der Waals surface area contributed by atoms with Crippen molar-refractivity contribution < 1.29 is 0 Å². The first-order valence-electron chi connectivity index (χ1n) is 5.55. The van der Waals surface area contributed by atoms with E-state index in [2.05, 4.69) is 49.5 Å². The molecule has 1 saturated carbocycles. The highest BCUT2D eigenvalue weighted by Gasteiger charge is 2.29. The van der Waals surface area contributed by atoms with Crippen LogP contribution in [0.4, 0.5) is 0 Å². The summed E-state index contributed by atoms with van der Waals surface area (Å²) in [7, 11) is 0. The predicted octanol–water partition coefficient (Wildman–Crippen LogP) is 4.03. The second-order valence-corrected chi connectivity index (χ2v) is 4.15. The number of rotatable bonds is 0. The number of hydrogen-bond donors (Lipinski definition) is 0. The molecule has 0 heteroatoms. The highest BCUT2D eigenvalue weighted by molar-refractivity contribution is 5.26. The van der Waals surface area contributed by atoms with Crippen molar-refractivity contribution in [2.75, 3.05) is 0 Å². The molecule has 0 radical (unpaired) electrons. The van der Waals surface area contributed by atoms with Gasteiger partial charge in [-0.1, -0.05) is 48.1 Å². The quantitative estimate of drug-likeness (QED) is 0.501. The summed E-state index contributed by atoms with van der Waals surface area (Å²) in [5.74, 6) is 1.74. The summed E-state index contributed by atoms with van der Waals surface area (Å²) in [6.07, 6.45) is 19.3. The predicted molar refractivity (Wildman–Crippen MR) is 62.0 cm³/mol. The zero-order valence-electron chi connectivity index (χ0n) is 8.82. The van der Waals surface area contributed by atoms with Crippen molar-refractivity contribution in [2.24, 2.45) is 11.8 Å². The second-order valence-electron chi connectivity index (χ2n) is 4.15. The highest BCUT2D eigenvalue weighted by Crippen LogP contribution is 2.42. The van der Waals surface area contributed by atoms with Crippen LogP contribution in [0.25, 0.3) is 0 Å². The average Bonchev–Trinajstić information content (AvgIpc) is 2.96. The summed E-state index contributed by atoms with van der Waals surface area (Å²) in [6.45, 7) is 2.16. The summed E-state index contributed by atoms with van der Waals surface area (Å²) < 4.78 is 0. The van der Waals surface area contributed by atoms with Gasteiger partial charge in [0.15, 0.2) is 0 Å². The van der Waals surface area contributed by atoms with Gasteiger partial charge in [-0.25, -0.2) is 0 Å². The molecule has 0 N–H and O–H groups in total. The molecular formula is C14H18. The van der Waals surface area contributed by atoms with Gasteiger partial charge in [0.25, 0.3) is 0 Å². The van der Waals surface area contributed by atoms with E-state index in [4.69, 9.17) is 0 Å². The minimum Gasteiger partial charge on any atom is -0.0878 e. The van der Waals surface area contributed by atoms with Crippen LogP contribution >= 0.6 is 0 Å². The van der Waals surface area contributed by atoms with Crippen LogP contribution in [0.2, 0.25) is 0 Å². The largest absolute Gasteiger partial charge is 0.0878 e. The Hall–Kier alpha value is -1.04. The molecule has 2 atom stereocenters. The van der Waals surface area contributed by atoms with E-state index in [9.17, 15) is 0 Å². The molecule has 3 aliphatic rings. The molecule has 2 unspecified atom stereocenters. The minimum atomic E-state index is 0.833. The smallest absolute Gasteiger partial charge is 0.00174 e. The van der Waals surface area contributed by atoms with Gasteiger partial charge < -0.3 is 0 Å². The molecule has 0 aliphatic heterocycles. The van der Waals surface area contributed by atoms with Crippen molar-refractivity contribution in [3.63, 3.8) is 0 Å². The van der Waals surface area contributed by atoms with Gasteiger partial charge in [-0.2, -0.15) is 0 Å². The molecule has 14 heavy (non-hydrogen) atoms. The van der Waals surface area contributed by atoms with Gasteiger partial charge in [-0.15, -0.1) is 0 Å². The molecule has 0 spiro atoms. The van der Waals surface area contributed by atoms with E-state index in [1.165, 1.54) is 12.8 Å². The van der Waals surface area contributed by atoms with Crippen LogP contribution in [-0.4, -0.2) is 0 Å². The lowest BCUT2D eigenvalue weighted by atomic mass is 10.0. The van der Waals surface area contributed by atoms with Gasteiger partial charge in [-0.05, 0) is 38.0 Å². The van der Waals surface area contributed by atoms with Gasteiger partial charge in [0.2, 0.25) is 0 Å². The first-order valence-corrected chi connectivity index (χ1v) is 5.55. The Labute approximate surface area is 86.7 Å². The number of fused-ring (bicyclic) bond motifs is 2. The first kappa shape index (κ1) is 9.51. The normalized spacial score (nSPS) is 33.9. The fraction of sp³-hybridized carbons (Fsp3) is 0.429. The standard InChI is InChI=1S/C9H12.C5H6/c1-2-8-5-7-3-4-9(8)6-7;1-2-4-5-3-1/h2-4,7,9H,5-6H2,1H3;1-4H,5H2. The van der Waals surface area contributed by atoms with Crippen molar-refractivity contribution >= 4 is 0 Å². The van der Waals surface area contributed by atoms with Crippen LogP contribution in [0.1, 0.15) is 26.2 Å². The van der Waals surface area contributed by atoms with Crippen LogP contribution in [-0.2, 0) is 0 Å². The molecule has 1 fully saturated rings. The van der Waals surface area contributed by atoms with Gasteiger partial charge in [-0.3, -0.25) is 0 Å². The molecule has 2 bridgehead atoms. The molecule has 0 aromatic carbocycles. The molecule has 0 heterocycles. The monoisotopic (exact) mass is 186 g/mol. The van der Waals surface area contributed by atoms with Crippen LogP contribution in [0, 0.1) is 11.8 Å². The van der Waals surface area contributed by atoms with Gasteiger partial charge in [0.1, 0.15) is 0 Å². The molecule has 0 nitrogen and oxygen atoms in total. The van der Waals surface area contributed by atoms with Crippen LogP contribution in [0.5, 0.6) is 0 Å². The fourth-order valence-electron chi connectivity index (χ4n) is 2.38. The topological polar surface area (TPSA) is 0 Å². The Balaban J connectivity index is 0.000000128. The maximum Gasteiger partial charge on any atom is -0.00174 e. The van der Waals surface area contributed by atoms with E-state index in [1.807, 2.05) is 0 Å². The van der Waals surface area contributed by atoms with Crippen LogP contribution in [0.15, 0.2) is 48.1 Å². The summed E-state index contributed by atoms with van der Waals surface area (Å²) in [5, 5.41) is 0. The second kappa shape index (κ2) is 4.45. The third-order valence-electron chi connectivity index (χ3n) is 3.17. The van der Waals surface area contributed by atoms with E-state index < -0.39 is 0 Å². The Morgan fingerprint density at radius 3 is 2.29 bits per heavy atom. The molecular weight excluding hydrogens is 168 g/mol. The average molecular weight is 186 g/mol. The van der Waals surface area contributed by atoms with Crippen LogP contribution in [0.3, 0.4) is 0 Å². The lowest BCUT2D eigenvalue weighted by Crippen LogP contribution is -1.90. The Morgan fingerprint density at radius 2 is 2.00 bits per heavy atom. The fourth-order valence-corrected chi connectivity index (χ4v) is 2.38. The Kier molecular flexibility index (Phi) is 3.03. The van der Waals surface area contributed by atoms with Crippen LogP contribution < -0.4 is 0 Å². The van der Waals surface area contributed by atoms with Crippen molar-refractivity contribution in [3.05, 3.63) is 48.1 Å². The Morgan fingerprint density at radius 1 is 1.21 bits per heavy atom. The number of allylic oxidation sites excluding steroid dienone is 8. The van der Waals surface area contributed by atoms with E-state index in [-0.39, 0.29) is 0 Å². The molecule has 0 aromatic rings. The van der Waals surface area contributed by atoms with Crippen molar-refractivity contribution in [3.8, 4) is 0 Å². The van der Waals surface area contributed by atoms with Gasteiger partial charge >= 0.3 is 0 Å². The summed E-state index contributed by atoms with van der Waals surface area (Å²) >= 11 is 0. The zero-order chi connectivity index (χ0) is 9.80. The zero-order valence-corrected chi connectivity index (χ0v) is 8.82. The first-order chi connectivity index (χ1) is 6.90. The maximum atomic E-state index is 2.37.